The lowest BCUT2D eigenvalue weighted by Crippen LogP contribution is -2.24. The summed E-state index contributed by atoms with van der Waals surface area (Å²) < 4.78 is 26.8. The molecule has 2 heterocycles. The van der Waals surface area contributed by atoms with Gasteiger partial charge < -0.3 is 5.43 Å². The lowest BCUT2D eigenvalue weighted by molar-refractivity contribution is 0.580. The Hall–Kier alpha value is -2.03. The van der Waals surface area contributed by atoms with Gasteiger partial charge >= 0.3 is 0 Å². The molecule has 0 aromatic carbocycles. The molecular weight excluding hydrogens is 278 g/mol. The van der Waals surface area contributed by atoms with Crippen molar-refractivity contribution in [3.63, 3.8) is 0 Å². The fraction of sp³-hybridized carbons (Fsp3) is 0.167. The van der Waals surface area contributed by atoms with Crippen LogP contribution in [0, 0.1) is 6.92 Å². The van der Waals surface area contributed by atoms with Crippen LogP contribution >= 0.6 is 0 Å². The molecule has 0 bridgehead atoms. The summed E-state index contributed by atoms with van der Waals surface area (Å²) in [6.45, 7) is 2.00. The highest BCUT2D eigenvalue weighted by Gasteiger charge is 2.15. The van der Waals surface area contributed by atoms with E-state index in [4.69, 9.17) is 5.84 Å². The fourth-order valence-corrected chi connectivity index (χ4v) is 2.61. The Kier molecular flexibility index (Phi) is 4.28. The topological polar surface area (TPSA) is 110 Å². The first-order valence-electron chi connectivity index (χ1n) is 5.86. The fourth-order valence-electron chi connectivity index (χ4n) is 1.61. The summed E-state index contributed by atoms with van der Waals surface area (Å²) in [5, 5.41) is 0. The Morgan fingerprint density at radius 2 is 2.05 bits per heavy atom. The number of aromatic nitrogens is 2. The molecule has 0 radical (unpaired) electrons. The molecule has 4 N–H and O–H groups in total. The van der Waals surface area contributed by atoms with E-state index in [1.807, 2.05) is 13.0 Å². The summed E-state index contributed by atoms with van der Waals surface area (Å²) in [5.74, 6) is 5.49. The van der Waals surface area contributed by atoms with E-state index in [1.165, 1.54) is 18.3 Å². The van der Waals surface area contributed by atoms with Crippen molar-refractivity contribution in [2.24, 2.45) is 5.84 Å². The molecule has 2 aromatic heterocycles. The van der Waals surface area contributed by atoms with Crippen molar-refractivity contribution >= 4 is 15.8 Å². The Morgan fingerprint density at radius 3 is 2.75 bits per heavy atom. The minimum absolute atomic E-state index is 0.0917. The molecule has 7 nitrogen and oxygen atoms in total. The molecule has 0 saturated heterocycles. The first-order valence-corrected chi connectivity index (χ1v) is 7.34. The molecule has 0 fully saturated rings. The van der Waals surface area contributed by atoms with Gasteiger partial charge in [-0.15, -0.1) is 0 Å². The van der Waals surface area contributed by atoms with Crippen LogP contribution in [-0.2, 0) is 16.6 Å². The van der Waals surface area contributed by atoms with E-state index in [1.54, 1.807) is 12.3 Å². The lowest BCUT2D eigenvalue weighted by Gasteiger charge is -2.08. The second-order valence-electron chi connectivity index (χ2n) is 4.11. The minimum Gasteiger partial charge on any atom is -0.308 e. The van der Waals surface area contributed by atoms with Gasteiger partial charge in [0.2, 0.25) is 10.0 Å². The van der Waals surface area contributed by atoms with E-state index in [0.717, 1.165) is 5.56 Å². The smallest absolute Gasteiger partial charge is 0.241 e. The predicted octanol–water partition coefficient (Wildman–Crippen LogP) is 0.549. The van der Waals surface area contributed by atoms with E-state index >= 15 is 0 Å². The number of aryl methyl sites for hydroxylation is 1. The number of hydrazine groups is 1. The van der Waals surface area contributed by atoms with Crippen LogP contribution < -0.4 is 16.0 Å². The van der Waals surface area contributed by atoms with Crippen molar-refractivity contribution in [1.29, 1.82) is 0 Å². The molecule has 0 amide bonds. The normalized spacial score (nSPS) is 11.3. The van der Waals surface area contributed by atoms with Gasteiger partial charge in [0.05, 0.1) is 17.1 Å². The Bertz CT molecular complexity index is 702. The summed E-state index contributed by atoms with van der Waals surface area (Å²) in [6, 6.07) is 6.43. The number of nitrogen functional groups attached to an aromatic ring is 1. The molecule has 0 saturated carbocycles. The maximum Gasteiger partial charge on any atom is 0.241 e. The lowest BCUT2D eigenvalue weighted by atomic mass is 10.2. The quantitative estimate of drug-likeness (QED) is 0.548. The molecule has 0 unspecified atom stereocenters. The van der Waals surface area contributed by atoms with Gasteiger partial charge in [-0.3, -0.25) is 4.98 Å². The molecule has 0 spiro atoms. The second-order valence-corrected chi connectivity index (χ2v) is 5.88. The van der Waals surface area contributed by atoms with Gasteiger partial charge in [-0.25, -0.2) is 24.0 Å². The predicted molar refractivity (Wildman–Crippen MR) is 75.0 cm³/mol. The van der Waals surface area contributed by atoms with E-state index in [2.05, 4.69) is 20.1 Å². The highest BCUT2D eigenvalue weighted by molar-refractivity contribution is 7.89. The van der Waals surface area contributed by atoms with E-state index < -0.39 is 10.0 Å². The van der Waals surface area contributed by atoms with Crippen LogP contribution in [0.25, 0.3) is 0 Å². The molecule has 2 rings (SSSR count). The first kappa shape index (κ1) is 14.4. The van der Waals surface area contributed by atoms with Crippen molar-refractivity contribution in [2.75, 3.05) is 5.43 Å². The number of anilines is 1. The number of hydrogen-bond acceptors (Lipinski definition) is 6. The van der Waals surface area contributed by atoms with Crippen molar-refractivity contribution in [3.8, 4) is 0 Å². The molecule has 2 aromatic rings. The van der Waals surface area contributed by atoms with E-state index in [9.17, 15) is 8.42 Å². The van der Waals surface area contributed by atoms with Gasteiger partial charge in [0.1, 0.15) is 5.82 Å². The number of sulfonamides is 1. The zero-order valence-corrected chi connectivity index (χ0v) is 11.7. The number of pyridine rings is 2. The van der Waals surface area contributed by atoms with Gasteiger partial charge in [0.15, 0.2) is 0 Å². The van der Waals surface area contributed by atoms with Crippen LogP contribution in [0.3, 0.4) is 0 Å². The van der Waals surface area contributed by atoms with Crippen LogP contribution in [0.15, 0.2) is 41.6 Å². The van der Waals surface area contributed by atoms with Crippen molar-refractivity contribution in [3.05, 3.63) is 47.9 Å². The summed E-state index contributed by atoms with van der Waals surface area (Å²) >= 11 is 0. The standard InChI is InChI=1S/C12H15N5O2S/c1-9-3-2-5-14-11(9)8-16-20(18,19)10-4-6-15-12(7-10)17-13/h2-7,16H,8,13H2,1H3,(H,15,17). The third-order valence-corrected chi connectivity index (χ3v) is 4.14. The van der Waals surface area contributed by atoms with Crippen LogP contribution in [0.2, 0.25) is 0 Å². The van der Waals surface area contributed by atoms with Crippen LogP contribution in [0.1, 0.15) is 11.3 Å². The molecule has 0 aliphatic heterocycles. The Balaban J connectivity index is 2.17. The highest BCUT2D eigenvalue weighted by atomic mass is 32.2. The summed E-state index contributed by atoms with van der Waals surface area (Å²) in [6.07, 6.45) is 3.00. The molecule has 106 valence electrons. The van der Waals surface area contributed by atoms with Crippen LogP contribution in [0.5, 0.6) is 0 Å². The molecule has 0 atom stereocenters. The molecule has 8 heteroatoms. The molecule has 20 heavy (non-hydrogen) atoms. The van der Waals surface area contributed by atoms with Gasteiger partial charge in [0.25, 0.3) is 0 Å². The largest absolute Gasteiger partial charge is 0.308 e. The highest BCUT2D eigenvalue weighted by Crippen LogP contribution is 2.12. The molecular formula is C12H15N5O2S. The van der Waals surface area contributed by atoms with Gasteiger partial charge in [-0.05, 0) is 24.6 Å². The SMILES string of the molecule is Cc1cccnc1CNS(=O)(=O)c1ccnc(NN)c1. The summed E-state index contributed by atoms with van der Waals surface area (Å²) in [4.78, 5) is 8.09. The number of hydrogen-bond donors (Lipinski definition) is 3. The third-order valence-electron chi connectivity index (χ3n) is 2.74. The third kappa shape index (κ3) is 3.29. The van der Waals surface area contributed by atoms with Gasteiger partial charge in [-0.1, -0.05) is 6.07 Å². The second kappa shape index (κ2) is 5.95. The maximum absolute atomic E-state index is 12.1. The van der Waals surface area contributed by atoms with Crippen LogP contribution in [-0.4, -0.2) is 18.4 Å². The van der Waals surface area contributed by atoms with Crippen molar-refractivity contribution in [1.82, 2.24) is 14.7 Å². The zero-order valence-electron chi connectivity index (χ0n) is 10.9. The first-order chi connectivity index (χ1) is 9.53. The Labute approximate surface area is 117 Å². The average molecular weight is 293 g/mol. The van der Waals surface area contributed by atoms with E-state index in [-0.39, 0.29) is 17.3 Å². The van der Waals surface area contributed by atoms with Gasteiger partial charge in [0, 0.05) is 18.5 Å². The number of nitrogens with two attached hydrogens (primary N) is 1. The molecule has 0 aliphatic carbocycles. The van der Waals surface area contributed by atoms with Crippen LogP contribution in [0.4, 0.5) is 5.82 Å². The minimum atomic E-state index is -3.63. The number of rotatable bonds is 5. The van der Waals surface area contributed by atoms with Crippen molar-refractivity contribution in [2.45, 2.75) is 18.4 Å². The average Bonchev–Trinajstić information content (AvgIpc) is 2.46. The summed E-state index contributed by atoms with van der Waals surface area (Å²) in [5.41, 5.74) is 3.91. The number of nitrogens with one attached hydrogen (secondary N) is 2. The number of nitrogens with zero attached hydrogens (tertiary/aromatic N) is 2. The van der Waals surface area contributed by atoms with Gasteiger partial charge in [-0.2, -0.15) is 0 Å². The zero-order chi connectivity index (χ0) is 14.6. The maximum atomic E-state index is 12.1. The monoisotopic (exact) mass is 293 g/mol. The Morgan fingerprint density at radius 1 is 1.25 bits per heavy atom. The van der Waals surface area contributed by atoms with E-state index in [0.29, 0.717) is 5.69 Å². The van der Waals surface area contributed by atoms with Crippen molar-refractivity contribution < 1.29 is 8.42 Å². The molecule has 0 aliphatic rings. The summed E-state index contributed by atoms with van der Waals surface area (Å²) in [7, 11) is -3.63.